The van der Waals surface area contributed by atoms with Gasteiger partial charge in [-0.3, -0.25) is 4.79 Å². The Labute approximate surface area is 199 Å². The number of hydrogen-bond donors (Lipinski definition) is 2. The first-order valence-electron chi connectivity index (χ1n) is 10.9. The molecule has 3 aromatic carbocycles. The molecular weight excluding hydrogens is 459 g/mol. The summed E-state index contributed by atoms with van der Waals surface area (Å²) >= 11 is 0. The van der Waals surface area contributed by atoms with E-state index in [2.05, 4.69) is 15.5 Å². The molecule has 9 heteroatoms. The molecule has 0 aliphatic carbocycles. The third-order valence-corrected chi connectivity index (χ3v) is 5.49. The molecule has 4 aromatic rings. The number of carboxylic acid groups (broad SMARTS) is 1. The summed E-state index contributed by atoms with van der Waals surface area (Å²) in [7, 11) is 0. The predicted molar refractivity (Wildman–Crippen MR) is 125 cm³/mol. The van der Waals surface area contributed by atoms with Crippen LogP contribution in [0.25, 0.3) is 34.0 Å². The number of nitrogens with zero attached hydrogens (tertiary/aromatic N) is 2. The van der Waals surface area contributed by atoms with E-state index < -0.39 is 17.7 Å². The second-order valence-corrected chi connectivity index (χ2v) is 8.02. The van der Waals surface area contributed by atoms with Crippen LogP contribution in [-0.2, 0) is 17.4 Å². The van der Waals surface area contributed by atoms with Crippen LogP contribution in [0.1, 0.15) is 16.7 Å². The van der Waals surface area contributed by atoms with Gasteiger partial charge in [-0.1, -0.05) is 53.7 Å². The molecule has 4 rings (SSSR count). The van der Waals surface area contributed by atoms with Gasteiger partial charge in [0.1, 0.15) is 0 Å². The fourth-order valence-electron chi connectivity index (χ4n) is 3.77. The van der Waals surface area contributed by atoms with E-state index in [1.807, 2.05) is 12.1 Å². The van der Waals surface area contributed by atoms with Crippen LogP contribution in [0.5, 0.6) is 0 Å². The van der Waals surface area contributed by atoms with Crippen LogP contribution in [0.15, 0.2) is 71.3 Å². The van der Waals surface area contributed by atoms with Crippen molar-refractivity contribution in [2.45, 2.75) is 19.5 Å². The predicted octanol–water partition coefficient (Wildman–Crippen LogP) is 5.61. The van der Waals surface area contributed by atoms with Crippen molar-refractivity contribution < 1.29 is 27.6 Å². The molecule has 1 heterocycles. The molecule has 0 saturated carbocycles. The summed E-state index contributed by atoms with van der Waals surface area (Å²) < 4.78 is 47.1. The molecule has 0 fully saturated rings. The molecule has 1 aromatic heterocycles. The minimum absolute atomic E-state index is 0.0182. The summed E-state index contributed by atoms with van der Waals surface area (Å²) in [5, 5.41) is 15.5. The zero-order valence-electron chi connectivity index (χ0n) is 18.8. The zero-order chi connectivity index (χ0) is 25.0. The number of alkyl halides is 3. The van der Waals surface area contributed by atoms with Crippen LogP contribution in [-0.4, -0.2) is 34.3 Å². The van der Waals surface area contributed by atoms with Gasteiger partial charge in [0.15, 0.2) is 0 Å². The monoisotopic (exact) mass is 481 g/mol. The Morgan fingerprint density at radius 1 is 1.00 bits per heavy atom. The summed E-state index contributed by atoms with van der Waals surface area (Å²) in [6, 6.07) is 18.2. The molecule has 180 valence electrons. The lowest BCUT2D eigenvalue weighted by atomic mass is 9.94. The molecule has 0 atom stereocenters. The molecule has 35 heavy (non-hydrogen) atoms. The number of nitrogens with one attached hydrogen (secondary N) is 1. The standard InChI is InChI=1S/C26H22F3N3O3/c1-16-5-2-3-8-20(16)21-10-9-19(14-22(21)26(27,28)29)25-31-24(32-35-25)18-7-4-6-17(13-18)11-12-30-15-23(33)34/h2-10,13-14,30H,11-12,15H2,1H3,(H,33,34). The molecule has 0 spiro atoms. The van der Waals surface area contributed by atoms with Gasteiger partial charge < -0.3 is 14.9 Å². The lowest BCUT2D eigenvalue weighted by molar-refractivity contribution is -0.137. The minimum atomic E-state index is -4.57. The Morgan fingerprint density at radius 3 is 2.54 bits per heavy atom. The number of aliphatic carboxylic acids is 1. The normalized spacial score (nSPS) is 11.5. The summed E-state index contributed by atoms with van der Waals surface area (Å²) in [5.41, 5.74) is 2.29. The van der Waals surface area contributed by atoms with Crippen molar-refractivity contribution in [1.82, 2.24) is 15.5 Å². The molecule has 2 N–H and O–H groups in total. The van der Waals surface area contributed by atoms with E-state index in [4.69, 9.17) is 9.63 Å². The fourth-order valence-corrected chi connectivity index (χ4v) is 3.77. The van der Waals surface area contributed by atoms with Gasteiger partial charge in [0.2, 0.25) is 5.82 Å². The summed E-state index contributed by atoms with van der Waals surface area (Å²) in [6.45, 7) is 2.11. The molecule has 0 unspecified atom stereocenters. The van der Waals surface area contributed by atoms with Crippen LogP contribution in [0.2, 0.25) is 0 Å². The van der Waals surface area contributed by atoms with Gasteiger partial charge in [0.05, 0.1) is 12.1 Å². The first-order chi connectivity index (χ1) is 16.7. The molecule has 0 aliphatic heterocycles. The van der Waals surface area contributed by atoms with E-state index in [9.17, 15) is 18.0 Å². The van der Waals surface area contributed by atoms with E-state index >= 15 is 0 Å². The maximum atomic E-state index is 13.9. The van der Waals surface area contributed by atoms with Crippen molar-refractivity contribution in [2.75, 3.05) is 13.1 Å². The highest BCUT2D eigenvalue weighted by atomic mass is 19.4. The molecule has 0 aliphatic rings. The van der Waals surface area contributed by atoms with Crippen LogP contribution in [0.3, 0.4) is 0 Å². The van der Waals surface area contributed by atoms with Crippen LogP contribution in [0, 0.1) is 6.92 Å². The van der Waals surface area contributed by atoms with Crippen molar-refractivity contribution >= 4 is 5.97 Å². The molecular formula is C26H22F3N3O3. The van der Waals surface area contributed by atoms with Gasteiger partial charge in [-0.05, 0) is 60.3 Å². The maximum absolute atomic E-state index is 13.9. The highest BCUT2D eigenvalue weighted by Gasteiger charge is 2.34. The van der Waals surface area contributed by atoms with Gasteiger partial charge in [-0.25, -0.2) is 0 Å². The lowest BCUT2D eigenvalue weighted by Gasteiger charge is -2.15. The second-order valence-electron chi connectivity index (χ2n) is 8.02. The molecule has 0 amide bonds. The average molecular weight is 481 g/mol. The third-order valence-electron chi connectivity index (χ3n) is 5.49. The fraction of sp³-hybridized carbons (Fsp3) is 0.192. The van der Waals surface area contributed by atoms with E-state index in [0.29, 0.717) is 24.1 Å². The number of carbonyl (C=O) groups is 1. The van der Waals surface area contributed by atoms with Crippen LogP contribution in [0.4, 0.5) is 13.2 Å². The number of aromatic nitrogens is 2. The lowest BCUT2D eigenvalue weighted by Crippen LogP contribution is -2.24. The summed E-state index contributed by atoms with van der Waals surface area (Å²) in [5.74, 6) is -0.703. The first kappa shape index (κ1) is 24.2. The first-order valence-corrected chi connectivity index (χ1v) is 10.9. The van der Waals surface area contributed by atoms with Crippen molar-refractivity contribution in [2.24, 2.45) is 0 Å². The molecule has 0 saturated heterocycles. The SMILES string of the molecule is Cc1ccccc1-c1ccc(-c2nc(-c3cccc(CCNCC(=O)O)c3)no2)cc1C(F)(F)F. The van der Waals surface area contributed by atoms with Gasteiger partial charge in [-0.2, -0.15) is 18.2 Å². The summed E-state index contributed by atoms with van der Waals surface area (Å²) in [4.78, 5) is 14.9. The Morgan fingerprint density at radius 2 is 1.80 bits per heavy atom. The van der Waals surface area contributed by atoms with Gasteiger partial charge in [-0.15, -0.1) is 0 Å². The minimum Gasteiger partial charge on any atom is -0.480 e. The van der Waals surface area contributed by atoms with E-state index in [0.717, 1.165) is 17.2 Å². The highest BCUT2D eigenvalue weighted by molar-refractivity contribution is 5.74. The largest absolute Gasteiger partial charge is 0.480 e. The zero-order valence-corrected chi connectivity index (χ0v) is 18.8. The highest BCUT2D eigenvalue weighted by Crippen LogP contribution is 2.40. The topological polar surface area (TPSA) is 88.2 Å². The Balaban J connectivity index is 1.61. The molecule has 0 bridgehead atoms. The van der Waals surface area contributed by atoms with E-state index in [1.165, 1.54) is 6.07 Å². The number of carboxylic acids is 1. The number of aryl methyl sites for hydroxylation is 1. The Kier molecular flexibility index (Phi) is 6.97. The smallest absolute Gasteiger partial charge is 0.417 e. The Bertz CT molecular complexity index is 1350. The van der Waals surface area contributed by atoms with Crippen molar-refractivity contribution in [3.63, 3.8) is 0 Å². The maximum Gasteiger partial charge on any atom is 0.417 e. The van der Waals surface area contributed by atoms with Crippen LogP contribution < -0.4 is 5.32 Å². The average Bonchev–Trinajstić information content (AvgIpc) is 3.32. The van der Waals surface area contributed by atoms with Crippen molar-refractivity contribution in [3.8, 4) is 34.0 Å². The van der Waals surface area contributed by atoms with Crippen molar-refractivity contribution in [1.29, 1.82) is 0 Å². The Hall–Kier alpha value is -3.98. The van der Waals surface area contributed by atoms with Gasteiger partial charge in [0.25, 0.3) is 5.89 Å². The summed E-state index contributed by atoms with van der Waals surface area (Å²) in [6.07, 6.45) is -3.99. The van der Waals surface area contributed by atoms with Gasteiger partial charge in [0, 0.05) is 11.1 Å². The number of halogens is 3. The van der Waals surface area contributed by atoms with Gasteiger partial charge >= 0.3 is 12.1 Å². The van der Waals surface area contributed by atoms with E-state index in [1.54, 1.807) is 49.4 Å². The van der Waals surface area contributed by atoms with E-state index in [-0.39, 0.29) is 29.4 Å². The number of benzene rings is 3. The van der Waals surface area contributed by atoms with Crippen LogP contribution >= 0.6 is 0 Å². The second kappa shape index (κ2) is 10.1. The number of hydrogen-bond acceptors (Lipinski definition) is 5. The third kappa shape index (κ3) is 5.75. The molecule has 0 radical (unpaired) electrons. The van der Waals surface area contributed by atoms with Crippen molar-refractivity contribution in [3.05, 3.63) is 83.4 Å². The quantitative estimate of drug-likeness (QED) is 0.318. The number of rotatable bonds is 8. The molecule has 6 nitrogen and oxygen atoms in total.